The summed E-state index contributed by atoms with van der Waals surface area (Å²) < 4.78 is 39.6. The Kier molecular flexibility index (Phi) is 29.4. The quantitative estimate of drug-likeness (QED) is 0.244. The van der Waals surface area contributed by atoms with Gasteiger partial charge in [-0.1, -0.05) is 0 Å². The summed E-state index contributed by atoms with van der Waals surface area (Å²) in [7, 11) is 0. The molecule has 0 spiro atoms. The Balaban J connectivity index is -0.0000000267. The van der Waals surface area contributed by atoms with Crippen LogP contribution < -0.4 is 0 Å². The van der Waals surface area contributed by atoms with E-state index in [2.05, 4.69) is 0 Å². The van der Waals surface area contributed by atoms with E-state index in [1.807, 2.05) is 0 Å². The molecule has 0 amide bonds. The van der Waals surface area contributed by atoms with Crippen molar-refractivity contribution < 1.29 is 36.2 Å². The second-order valence-corrected chi connectivity index (χ2v) is 2.93. The fourth-order valence-electron chi connectivity index (χ4n) is 0. The minimum atomic E-state index is -7.26. The zero-order chi connectivity index (χ0) is 4.50. The molecule has 0 aromatic heterocycles. The molecule has 0 saturated heterocycles. The maximum atomic E-state index is 9.91. The molecule has 0 aromatic carbocycles. The van der Waals surface area contributed by atoms with Gasteiger partial charge >= 0.3 is 92.0 Å². The van der Waals surface area contributed by atoms with E-state index in [0.717, 1.165) is 0 Å². The Bertz CT molecular complexity index is 31.5. The van der Waals surface area contributed by atoms with Crippen molar-refractivity contribution in [2.45, 2.75) is 0 Å². The van der Waals surface area contributed by atoms with Crippen LogP contribution in [-0.2, 0) is 28.5 Å². The number of hydrogen-bond donors (Lipinski definition) is 0. The van der Waals surface area contributed by atoms with Crippen molar-refractivity contribution in [3.05, 3.63) is 0 Å². The third kappa shape index (κ3) is 56.9. The molecule has 0 unspecified atom stereocenters. The number of halogens is 5. The second kappa shape index (κ2) is 10.4. The van der Waals surface area contributed by atoms with Gasteiger partial charge in [0.2, 0.25) is 0 Å². The summed E-state index contributed by atoms with van der Waals surface area (Å²) in [6, 6.07) is 0. The first kappa shape index (κ1) is 22.5. The first-order valence-electron chi connectivity index (χ1n) is 0.873. The van der Waals surface area contributed by atoms with E-state index in [1.165, 1.54) is 0 Å². The Morgan fingerprint density at radius 3 is 0.875 bits per heavy atom. The van der Waals surface area contributed by atoms with Crippen LogP contribution in [0.5, 0.6) is 0 Å². The molecule has 0 N–H and O–H groups in total. The van der Waals surface area contributed by atoms with Crippen molar-refractivity contribution in [2.24, 2.45) is 0 Å². The van der Waals surface area contributed by atoms with E-state index in [-0.39, 0.29) is 79.7 Å². The van der Waals surface area contributed by atoms with Crippen LogP contribution in [0.3, 0.4) is 0 Å². The molecule has 0 nitrogen and oxygen atoms in total. The molecule has 0 fully saturated rings. The van der Waals surface area contributed by atoms with Crippen LogP contribution in [0.15, 0.2) is 0 Å². The van der Waals surface area contributed by atoms with Crippen LogP contribution in [0.25, 0.3) is 0 Å². The molecule has 0 aromatic rings. The van der Waals surface area contributed by atoms with Gasteiger partial charge in [-0.25, -0.2) is 0 Å². The fraction of sp³-hybridized carbons (Fsp3) is 0. The van der Waals surface area contributed by atoms with Gasteiger partial charge in [0, 0.05) is 0 Å². The van der Waals surface area contributed by atoms with Gasteiger partial charge < -0.3 is 0 Å². The standard InChI is InChI=1S/Bi.4FH.HI.Na.Y.4H/h;5*1H;;;;;;/q;;;;;;;+4;;;;/p-4. The molecule has 0 bridgehead atoms. The minimum absolute atomic E-state index is 0. The molecule has 0 atom stereocenters. The van der Waals surface area contributed by atoms with Gasteiger partial charge in [0.1, 0.15) is 0 Å². The van der Waals surface area contributed by atoms with Crippen LogP contribution in [0, 0.1) is 0 Å². The van der Waals surface area contributed by atoms with Crippen molar-refractivity contribution in [2.75, 3.05) is 0 Å². The molecule has 0 saturated carbocycles. The molecule has 0 aliphatic heterocycles. The van der Waals surface area contributed by atoms with Crippen molar-refractivity contribution in [3.63, 3.8) is 0 Å². The van der Waals surface area contributed by atoms with Gasteiger partial charge in [0.05, 0.1) is 0 Å². The Labute approximate surface area is 113 Å². The Morgan fingerprint density at radius 2 is 0.875 bits per heavy atom. The van der Waals surface area contributed by atoms with Crippen LogP contribution in [0.4, 0.5) is 7.70 Å². The zero-order valence-corrected chi connectivity index (χ0v) is 13.9. The third-order valence-electron chi connectivity index (χ3n) is 0. The van der Waals surface area contributed by atoms with Crippen LogP contribution in [-0.4, -0.2) is 55.8 Å². The fourth-order valence-corrected chi connectivity index (χ4v) is 0. The van der Waals surface area contributed by atoms with Crippen LogP contribution in [0.1, 0.15) is 0 Å². The zero-order valence-electron chi connectivity index (χ0n) is 3.20. The summed E-state index contributed by atoms with van der Waals surface area (Å²) >= 11 is -7.26. The van der Waals surface area contributed by atoms with Gasteiger partial charge in [0.25, 0.3) is 0 Å². The molecular formula is H5BiF4INaY. The van der Waals surface area contributed by atoms with Crippen molar-refractivity contribution in [1.82, 2.24) is 0 Å². The van der Waals surface area contributed by atoms with Gasteiger partial charge in [-0.05, 0) is 0 Å². The molecule has 49 valence electrons. The summed E-state index contributed by atoms with van der Waals surface area (Å²) in [5, 5.41) is 0. The average molecular weight is 529 g/mol. The number of rotatable bonds is 0. The third-order valence-corrected chi connectivity index (χ3v) is 0. The van der Waals surface area contributed by atoms with Crippen molar-refractivity contribution in [1.29, 1.82) is 0 Å². The summed E-state index contributed by atoms with van der Waals surface area (Å²) in [4.78, 5) is 0. The van der Waals surface area contributed by atoms with Gasteiger partial charge in [-0.2, -0.15) is 0 Å². The summed E-state index contributed by atoms with van der Waals surface area (Å²) in [6.07, 6.45) is 0. The van der Waals surface area contributed by atoms with E-state index < -0.39 is 28.5 Å². The first-order chi connectivity index (χ1) is 2.00. The van der Waals surface area contributed by atoms with E-state index in [4.69, 9.17) is 0 Å². The van der Waals surface area contributed by atoms with E-state index >= 15 is 0 Å². The monoisotopic (exact) mass is 529 g/mol. The van der Waals surface area contributed by atoms with E-state index in [0.29, 0.717) is 0 Å². The molecule has 0 aliphatic rings. The predicted molar refractivity (Wildman–Crippen MR) is 36.9 cm³/mol. The predicted octanol–water partition coefficient (Wildman–Crippen LogP) is 0.464. The molecule has 8 heavy (non-hydrogen) atoms. The topological polar surface area (TPSA) is 0 Å². The maximum absolute atomic E-state index is 9.91. The van der Waals surface area contributed by atoms with Crippen molar-refractivity contribution in [3.8, 4) is 0 Å². The average Bonchev–Trinajstić information content (AvgIpc) is 0.722. The molecular weight excluding hydrogens is 524 g/mol. The van der Waals surface area contributed by atoms with Crippen LogP contribution >= 0.6 is 24.0 Å². The molecule has 0 radical (unpaired) electrons. The SMILES string of the molecule is I.[BiH3].[F][Y]([F])([F])[F].[NaH]. The van der Waals surface area contributed by atoms with Gasteiger partial charge in [-0.3, -0.25) is 0 Å². The summed E-state index contributed by atoms with van der Waals surface area (Å²) in [5.41, 5.74) is 0. The van der Waals surface area contributed by atoms with E-state index in [1.54, 1.807) is 0 Å². The van der Waals surface area contributed by atoms with Crippen molar-refractivity contribution >= 4 is 79.7 Å². The Morgan fingerprint density at radius 1 is 0.875 bits per heavy atom. The molecule has 0 rings (SSSR count). The number of hydrogen-bond acceptors (Lipinski definition) is 0. The normalized spacial score (nSPS) is 7.50. The summed E-state index contributed by atoms with van der Waals surface area (Å²) in [5.74, 6) is 0. The van der Waals surface area contributed by atoms with E-state index in [9.17, 15) is 7.70 Å². The first-order valence-corrected chi connectivity index (χ1v) is 5.16. The molecule has 8 heteroatoms. The Hall–Kier alpha value is 3.44. The molecule has 0 heterocycles. The second-order valence-electron chi connectivity index (χ2n) is 0.495. The van der Waals surface area contributed by atoms with Gasteiger partial charge in [-0.15, -0.1) is 24.0 Å². The van der Waals surface area contributed by atoms with Gasteiger partial charge in [0.15, 0.2) is 0 Å². The van der Waals surface area contributed by atoms with Crippen LogP contribution in [0.2, 0.25) is 0 Å². The molecule has 0 aliphatic carbocycles. The summed E-state index contributed by atoms with van der Waals surface area (Å²) in [6.45, 7) is 0.